The number of carbonyl (C=O) groups excluding carboxylic acids is 2. The molecule has 4 heteroatoms. The first-order valence-electron chi connectivity index (χ1n) is 7.29. The minimum atomic E-state index is -0.330. The molecule has 21 heavy (non-hydrogen) atoms. The van der Waals surface area contributed by atoms with E-state index >= 15 is 0 Å². The van der Waals surface area contributed by atoms with Crippen LogP contribution in [0.25, 0.3) is 10.9 Å². The van der Waals surface area contributed by atoms with Crippen LogP contribution in [0.2, 0.25) is 0 Å². The Balaban J connectivity index is 2.39. The standard InChI is InChI=1S/C17H19NO3/c1-10(2)18-15-8-7-11(19)9-14(15)12-5-4-6-13(16(12)18)17(20)21-3/h4-6,10H,7-9H2,1-3H3. The largest absolute Gasteiger partial charge is 0.465 e. The first kappa shape index (κ1) is 13.9. The lowest BCUT2D eigenvalue weighted by atomic mass is 9.94. The van der Waals surface area contributed by atoms with Gasteiger partial charge in [-0.3, -0.25) is 4.79 Å². The van der Waals surface area contributed by atoms with Crippen molar-refractivity contribution in [3.63, 3.8) is 0 Å². The van der Waals surface area contributed by atoms with Crippen molar-refractivity contribution in [2.75, 3.05) is 7.11 Å². The zero-order valence-electron chi connectivity index (χ0n) is 12.6. The van der Waals surface area contributed by atoms with E-state index in [0.717, 1.165) is 22.9 Å². The van der Waals surface area contributed by atoms with Crippen LogP contribution >= 0.6 is 0 Å². The van der Waals surface area contributed by atoms with Gasteiger partial charge in [0.15, 0.2) is 0 Å². The summed E-state index contributed by atoms with van der Waals surface area (Å²) in [5, 5.41) is 1.01. The van der Waals surface area contributed by atoms with Crippen molar-refractivity contribution in [2.24, 2.45) is 0 Å². The van der Waals surface area contributed by atoms with Crippen molar-refractivity contribution in [3.05, 3.63) is 35.0 Å². The SMILES string of the molecule is COC(=O)c1cccc2c3c(n(C(C)C)c12)CCC(=O)C3. The molecule has 1 aliphatic carbocycles. The molecule has 0 bridgehead atoms. The third-order valence-corrected chi connectivity index (χ3v) is 4.18. The van der Waals surface area contributed by atoms with E-state index in [9.17, 15) is 9.59 Å². The second-order valence-corrected chi connectivity index (χ2v) is 5.80. The molecule has 1 aliphatic rings. The summed E-state index contributed by atoms with van der Waals surface area (Å²) >= 11 is 0. The molecule has 2 aromatic rings. The van der Waals surface area contributed by atoms with Gasteiger partial charge in [0, 0.05) is 30.0 Å². The molecule has 4 nitrogen and oxygen atoms in total. The Morgan fingerprint density at radius 1 is 1.29 bits per heavy atom. The molecule has 3 rings (SSSR count). The number of aromatic nitrogens is 1. The molecule has 0 saturated carbocycles. The fourth-order valence-corrected chi connectivity index (χ4v) is 3.34. The smallest absolute Gasteiger partial charge is 0.340 e. The molecule has 0 atom stereocenters. The van der Waals surface area contributed by atoms with E-state index in [1.54, 1.807) is 6.07 Å². The van der Waals surface area contributed by atoms with Gasteiger partial charge in [-0.1, -0.05) is 12.1 Å². The van der Waals surface area contributed by atoms with Crippen molar-refractivity contribution < 1.29 is 14.3 Å². The lowest BCUT2D eigenvalue weighted by molar-refractivity contribution is -0.118. The lowest BCUT2D eigenvalue weighted by Gasteiger charge is -2.18. The summed E-state index contributed by atoms with van der Waals surface area (Å²) in [6.45, 7) is 4.20. The molecule has 0 amide bonds. The van der Waals surface area contributed by atoms with E-state index in [-0.39, 0.29) is 17.8 Å². The Kier molecular flexibility index (Phi) is 3.32. The summed E-state index contributed by atoms with van der Waals surface area (Å²) in [4.78, 5) is 23.9. The van der Waals surface area contributed by atoms with Gasteiger partial charge in [0.25, 0.3) is 0 Å². The normalized spacial score (nSPS) is 14.6. The first-order valence-corrected chi connectivity index (χ1v) is 7.29. The maximum absolute atomic E-state index is 12.1. The van der Waals surface area contributed by atoms with E-state index < -0.39 is 0 Å². The van der Waals surface area contributed by atoms with Crippen molar-refractivity contribution in [2.45, 2.75) is 39.2 Å². The highest BCUT2D eigenvalue weighted by Gasteiger charge is 2.27. The minimum Gasteiger partial charge on any atom is -0.465 e. The molecule has 0 saturated heterocycles. The number of esters is 1. The summed E-state index contributed by atoms with van der Waals surface area (Å²) in [5.74, 6) is -0.0579. The van der Waals surface area contributed by atoms with E-state index in [2.05, 4.69) is 18.4 Å². The monoisotopic (exact) mass is 285 g/mol. The van der Waals surface area contributed by atoms with Crippen LogP contribution in [-0.4, -0.2) is 23.4 Å². The van der Waals surface area contributed by atoms with Gasteiger partial charge in [-0.15, -0.1) is 0 Å². The number of nitrogens with zero attached hydrogens (tertiary/aromatic N) is 1. The number of rotatable bonds is 2. The number of Topliss-reactive ketones (excluding diaryl/α,β-unsaturated/α-hetero) is 1. The maximum atomic E-state index is 12.1. The molecule has 0 spiro atoms. The topological polar surface area (TPSA) is 48.3 Å². The van der Waals surface area contributed by atoms with Crippen LogP contribution in [0.15, 0.2) is 18.2 Å². The van der Waals surface area contributed by atoms with Gasteiger partial charge in [-0.2, -0.15) is 0 Å². The summed E-state index contributed by atoms with van der Waals surface area (Å²) in [6.07, 6.45) is 1.81. The highest BCUT2D eigenvalue weighted by Crippen LogP contribution is 2.35. The van der Waals surface area contributed by atoms with Crippen LogP contribution in [0.5, 0.6) is 0 Å². The van der Waals surface area contributed by atoms with Crippen molar-refractivity contribution in [1.29, 1.82) is 0 Å². The Labute approximate surface area is 123 Å². The third kappa shape index (κ3) is 2.06. The molecule has 0 unspecified atom stereocenters. The lowest BCUT2D eigenvalue weighted by Crippen LogP contribution is -2.16. The van der Waals surface area contributed by atoms with Crippen LogP contribution in [0, 0.1) is 0 Å². The Hall–Kier alpha value is -2.10. The molecular weight excluding hydrogens is 266 g/mol. The van der Waals surface area contributed by atoms with Gasteiger partial charge in [-0.05, 0) is 31.9 Å². The Morgan fingerprint density at radius 2 is 2.05 bits per heavy atom. The van der Waals surface area contributed by atoms with Gasteiger partial charge in [0.1, 0.15) is 5.78 Å². The van der Waals surface area contributed by atoms with E-state index in [0.29, 0.717) is 18.4 Å². The number of carbonyl (C=O) groups is 2. The van der Waals surface area contributed by atoms with Crippen molar-refractivity contribution in [1.82, 2.24) is 4.57 Å². The molecule has 1 aromatic carbocycles. The molecule has 0 aliphatic heterocycles. The fraction of sp³-hybridized carbons (Fsp3) is 0.412. The predicted octanol–water partition coefficient (Wildman–Crippen LogP) is 3.07. The number of fused-ring (bicyclic) bond motifs is 3. The van der Waals surface area contributed by atoms with E-state index in [4.69, 9.17) is 4.74 Å². The summed E-state index contributed by atoms with van der Waals surface area (Å²) in [7, 11) is 1.40. The van der Waals surface area contributed by atoms with Crippen LogP contribution < -0.4 is 0 Å². The second-order valence-electron chi connectivity index (χ2n) is 5.80. The molecule has 0 radical (unpaired) electrons. The molecule has 110 valence electrons. The van der Waals surface area contributed by atoms with Gasteiger partial charge in [0.2, 0.25) is 0 Å². The van der Waals surface area contributed by atoms with Crippen molar-refractivity contribution >= 4 is 22.7 Å². The maximum Gasteiger partial charge on any atom is 0.340 e. The van der Waals surface area contributed by atoms with Gasteiger partial charge in [0.05, 0.1) is 18.2 Å². The zero-order chi connectivity index (χ0) is 15.1. The number of hydrogen-bond donors (Lipinski definition) is 0. The summed E-state index contributed by atoms with van der Waals surface area (Å²) in [6, 6.07) is 5.88. The first-order chi connectivity index (χ1) is 10.0. The molecular formula is C17H19NO3. The molecule has 1 heterocycles. The summed E-state index contributed by atoms with van der Waals surface area (Å²) in [5.41, 5.74) is 3.75. The average molecular weight is 285 g/mol. The predicted molar refractivity (Wildman–Crippen MR) is 80.7 cm³/mol. The van der Waals surface area contributed by atoms with Crippen molar-refractivity contribution in [3.8, 4) is 0 Å². The van der Waals surface area contributed by atoms with E-state index in [1.807, 2.05) is 12.1 Å². The highest BCUT2D eigenvalue weighted by atomic mass is 16.5. The number of hydrogen-bond acceptors (Lipinski definition) is 3. The Bertz CT molecular complexity index is 740. The molecule has 0 N–H and O–H groups in total. The van der Waals surface area contributed by atoms with Crippen LogP contribution in [0.4, 0.5) is 0 Å². The van der Waals surface area contributed by atoms with Gasteiger partial charge >= 0.3 is 5.97 Å². The third-order valence-electron chi connectivity index (χ3n) is 4.18. The van der Waals surface area contributed by atoms with Crippen LogP contribution in [0.1, 0.15) is 47.9 Å². The van der Waals surface area contributed by atoms with Gasteiger partial charge in [-0.25, -0.2) is 4.79 Å². The molecule has 1 aromatic heterocycles. The number of benzene rings is 1. The molecule has 0 fully saturated rings. The number of ether oxygens (including phenoxy) is 1. The van der Waals surface area contributed by atoms with Gasteiger partial charge < -0.3 is 9.30 Å². The average Bonchev–Trinajstić information content (AvgIpc) is 2.80. The van der Waals surface area contributed by atoms with Crippen LogP contribution in [0.3, 0.4) is 0 Å². The number of ketones is 1. The highest BCUT2D eigenvalue weighted by molar-refractivity contribution is 6.06. The Morgan fingerprint density at radius 3 is 2.71 bits per heavy atom. The zero-order valence-corrected chi connectivity index (χ0v) is 12.6. The van der Waals surface area contributed by atoms with E-state index in [1.165, 1.54) is 12.8 Å². The van der Waals surface area contributed by atoms with Crippen LogP contribution in [-0.2, 0) is 22.4 Å². The number of para-hydroxylation sites is 1. The minimum absolute atomic E-state index is 0.232. The summed E-state index contributed by atoms with van der Waals surface area (Å²) < 4.78 is 7.11. The fourth-order valence-electron chi connectivity index (χ4n) is 3.34. The quantitative estimate of drug-likeness (QED) is 0.797. The number of methoxy groups -OCH3 is 1. The second kappa shape index (κ2) is 5.02.